The zero-order chi connectivity index (χ0) is 22.4. The van der Waals surface area contributed by atoms with E-state index >= 15 is 8.78 Å². The molecule has 1 aromatic carbocycles. The quantitative estimate of drug-likeness (QED) is 0.714. The maximum atomic E-state index is 15.5. The van der Waals surface area contributed by atoms with Crippen LogP contribution in [0.15, 0.2) is 6.07 Å². The highest BCUT2D eigenvalue weighted by atomic mass is 19.1. The molecule has 3 fully saturated rings. The molecule has 4 aliphatic heterocycles. The lowest BCUT2D eigenvalue weighted by Crippen LogP contribution is -2.52. The van der Waals surface area contributed by atoms with Gasteiger partial charge in [-0.2, -0.15) is 0 Å². The van der Waals surface area contributed by atoms with Crippen LogP contribution in [0.4, 0.5) is 8.78 Å². The smallest absolute Gasteiger partial charge is 0.255 e. The van der Waals surface area contributed by atoms with Crippen molar-refractivity contribution in [1.82, 2.24) is 15.1 Å². The molecular weight excluding hydrogens is 420 g/mol. The van der Waals surface area contributed by atoms with E-state index in [1.807, 2.05) is 0 Å². The lowest BCUT2D eigenvalue weighted by atomic mass is 9.86. The van der Waals surface area contributed by atoms with Gasteiger partial charge in [0.15, 0.2) is 0 Å². The predicted molar refractivity (Wildman–Crippen MR) is 110 cm³/mol. The van der Waals surface area contributed by atoms with Crippen LogP contribution in [-0.4, -0.2) is 66.4 Å². The third-order valence-electron chi connectivity index (χ3n) is 7.30. The summed E-state index contributed by atoms with van der Waals surface area (Å²) in [5, 5.41) is 2.22. The Kier molecular flexibility index (Phi) is 5.71. The number of nitrogens with zero attached hydrogens (tertiary/aromatic N) is 2. The van der Waals surface area contributed by atoms with Gasteiger partial charge in [0.25, 0.3) is 5.91 Å². The van der Waals surface area contributed by atoms with Crippen molar-refractivity contribution in [1.29, 1.82) is 0 Å². The van der Waals surface area contributed by atoms with Gasteiger partial charge in [0, 0.05) is 30.7 Å². The molecule has 32 heavy (non-hydrogen) atoms. The van der Waals surface area contributed by atoms with Crippen molar-refractivity contribution >= 4 is 17.7 Å². The Balaban J connectivity index is 1.31. The van der Waals surface area contributed by atoms with Crippen LogP contribution in [0, 0.1) is 17.6 Å². The number of imide groups is 1. The minimum absolute atomic E-state index is 0.0212. The standard InChI is InChI=1S/C23H27F2N3O4/c24-17-9-15-16(11-28(23(15)31)18-1-2-19(29)26-22(18)30)21(25)20(17)14-3-6-27(7-4-14)10-13-5-8-32-12-13/h9,13-14,18H,1-8,10-12H2,(H,26,29,30). The second kappa shape index (κ2) is 8.51. The van der Waals surface area contributed by atoms with E-state index in [0.717, 1.165) is 45.3 Å². The first-order chi connectivity index (χ1) is 15.4. The Labute approximate surface area is 185 Å². The zero-order valence-electron chi connectivity index (χ0n) is 17.9. The van der Waals surface area contributed by atoms with E-state index in [2.05, 4.69) is 10.2 Å². The van der Waals surface area contributed by atoms with Crippen molar-refractivity contribution < 1.29 is 27.9 Å². The molecular formula is C23H27F2N3O4. The van der Waals surface area contributed by atoms with Gasteiger partial charge in [-0.25, -0.2) is 8.78 Å². The molecule has 0 saturated carbocycles. The predicted octanol–water partition coefficient (Wildman–Crippen LogP) is 1.94. The molecule has 0 aliphatic carbocycles. The van der Waals surface area contributed by atoms with E-state index < -0.39 is 29.5 Å². The molecule has 5 rings (SSSR count). The van der Waals surface area contributed by atoms with Gasteiger partial charge >= 0.3 is 0 Å². The molecule has 0 radical (unpaired) electrons. The van der Waals surface area contributed by atoms with Crippen molar-refractivity contribution in [3.63, 3.8) is 0 Å². The van der Waals surface area contributed by atoms with Crippen LogP contribution in [0.2, 0.25) is 0 Å². The van der Waals surface area contributed by atoms with Gasteiger partial charge in [0.2, 0.25) is 11.8 Å². The van der Waals surface area contributed by atoms with Gasteiger partial charge < -0.3 is 14.5 Å². The minimum atomic E-state index is -0.846. The molecule has 2 atom stereocenters. The average molecular weight is 447 g/mol. The summed E-state index contributed by atoms with van der Waals surface area (Å²) in [6.07, 6.45) is 2.68. The molecule has 0 spiro atoms. The first-order valence-electron chi connectivity index (χ1n) is 11.4. The monoisotopic (exact) mass is 447 g/mol. The van der Waals surface area contributed by atoms with Gasteiger partial charge in [-0.15, -0.1) is 0 Å². The number of halogens is 2. The summed E-state index contributed by atoms with van der Waals surface area (Å²) >= 11 is 0. The maximum absolute atomic E-state index is 15.5. The number of hydrogen-bond acceptors (Lipinski definition) is 5. The molecule has 9 heteroatoms. The number of nitrogens with one attached hydrogen (secondary N) is 1. The number of carbonyl (C=O) groups excluding carboxylic acids is 3. The average Bonchev–Trinajstić information content (AvgIpc) is 3.38. The van der Waals surface area contributed by atoms with Crippen LogP contribution in [0.25, 0.3) is 0 Å². The van der Waals surface area contributed by atoms with Gasteiger partial charge in [0.1, 0.15) is 17.7 Å². The molecule has 1 aromatic rings. The van der Waals surface area contributed by atoms with Crippen molar-refractivity contribution in [2.45, 2.75) is 50.6 Å². The van der Waals surface area contributed by atoms with E-state index in [4.69, 9.17) is 4.74 Å². The molecule has 3 amide bonds. The van der Waals surface area contributed by atoms with Crippen molar-refractivity contribution in [2.24, 2.45) is 5.92 Å². The molecule has 7 nitrogen and oxygen atoms in total. The minimum Gasteiger partial charge on any atom is -0.381 e. The van der Waals surface area contributed by atoms with Crippen LogP contribution >= 0.6 is 0 Å². The second-order valence-electron chi connectivity index (χ2n) is 9.32. The molecule has 1 N–H and O–H groups in total. The van der Waals surface area contributed by atoms with E-state index in [9.17, 15) is 14.4 Å². The number of fused-ring (bicyclic) bond motifs is 1. The number of hydrogen-bond donors (Lipinski definition) is 1. The summed E-state index contributed by atoms with van der Waals surface area (Å²) in [6.45, 7) is 4.02. The Bertz CT molecular complexity index is 955. The van der Waals surface area contributed by atoms with Crippen LogP contribution in [0.5, 0.6) is 0 Å². The normalized spacial score (nSPS) is 27.2. The lowest BCUT2D eigenvalue weighted by Gasteiger charge is -2.33. The summed E-state index contributed by atoms with van der Waals surface area (Å²) < 4.78 is 36.0. The van der Waals surface area contributed by atoms with Crippen LogP contribution in [-0.2, 0) is 20.9 Å². The van der Waals surface area contributed by atoms with Crippen molar-refractivity contribution in [2.75, 3.05) is 32.8 Å². The highest BCUT2D eigenvalue weighted by molar-refractivity contribution is 6.05. The maximum Gasteiger partial charge on any atom is 0.255 e. The van der Waals surface area contributed by atoms with Crippen LogP contribution in [0.1, 0.15) is 59.5 Å². The first kappa shape index (κ1) is 21.5. The largest absolute Gasteiger partial charge is 0.381 e. The number of piperidine rings is 2. The number of likely N-dealkylation sites (tertiary alicyclic amines) is 1. The Morgan fingerprint density at radius 1 is 1.09 bits per heavy atom. The summed E-state index contributed by atoms with van der Waals surface area (Å²) in [5.41, 5.74) is 0.194. The number of carbonyl (C=O) groups is 3. The van der Waals surface area contributed by atoms with Gasteiger partial charge in [0.05, 0.1) is 18.7 Å². The second-order valence-corrected chi connectivity index (χ2v) is 9.32. The third-order valence-corrected chi connectivity index (χ3v) is 7.30. The molecule has 0 bridgehead atoms. The van der Waals surface area contributed by atoms with E-state index in [0.29, 0.717) is 18.8 Å². The van der Waals surface area contributed by atoms with E-state index in [-0.39, 0.29) is 47.9 Å². The topological polar surface area (TPSA) is 79.0 Å². The molecule has 172 valence electrons. The van der Waals surface area contributed by atoms with Crippen LogP contribution in [0.3, 0.4) is 0 Å². The van der Waals surface area contributed by atoms with Gasteiger partial charge in [-0.3, -0.25) is 19.7 Å². The lowest BCUT2D eigenvalue weighted by molar-refractivity contribution is -0.136. The fourth-order valence-corrected chi connectivity index (χ4v) is 5.52. The molecule has 4 aliphatic rings. The fourth-order valence-electron chi connectivity index (χ4n) is 5.52. The number of rotatable bonds is 4. The SMILES string of the molecule is O=C1CCC(N2Cc3c(cc(F)c(C4CCN(CC5CCOC5)CC4)c3F)C2=O)C(=O)N1. The van der Waals surface area contributed by atoms with E-state index in [1.54, 1.807) is 0 Å². The molecule has 4 heterocycles. The summed E-state index contributed by atoms with van der Waals surface area (Å²) in [5.74, 6) is -2.58. The first-order valence-corrected chi connectivity index (χ1v) is 11.4. The highest BCUT2D eigenvalue weighted by Gasteiger charge is 2.42. The highest BCUT2D eigenvalue weighted by Crippen LogP contribution is 2.38. The molecule has 0 aromatic heterocycles. The molecule has 2 unspecified atom stereocenters. The zero-order valence-corrected chi connectivity index (χ0v) is 17.9. The number of benzene rings is 1. The Morgan fingerprint density at radius 2 is 1.88 bits per heavy atom. The van der Waals surface area contributed by atoms with Crippen molar-refractivity contribution in [3.8, 4) is 0 Å². The van der Waals surface area contributed by atoms with E-state index in [1.165, 1.54) is 4.90 Å². The summed E-state index contributed by atoms with van der Waals surface area (Å²) in [6, 6.07) is 0.283. The van der Waals surface area contributed by atoms with Gasteiger partial charge in [-0.05, 0) is 56.7 Å². The summed E-state index contributed by atoms with van der Waals surface area (Å²) in [4.78, 5) is 40.0. The molecule has 3 saturated heterocycles. The Hall–Kier alpha value is -2.39. The summed E-state index contributed by atoms with van der Waals surface area (Å²) in [7, 11) is 0. The van der Waals surface area contributed by atoms with Crippen LogP contribution < -0.4 is 5.32 Å². The third kappa shape index (κ3) is 3.81. The fraction of sp³-hybridized carbons (Fsp3) is 0.609. The number of ether oxygens (including phenoxy) is 1. The van der Waals surface area contributed by atoms with Gasteiger partial charge in [-0.1, -0.05) is 0 Å². The number of amides is 3. The Morgan fingerprint density at radius 3 is 2.56 bits per heavy atom. The van der Waals surface area contributed by atoms with Crippen molar-refractivity contribution in [3.05, 3.63) is 34.4 Å².